The van der Waals surface area contributed by atoms with E-state index in [4.69, 9.17) is 5.73 Å². The molecule has 0 saturated carbocycles. The Hall–Kier alpha value is -1.64. The first kappa shape index (κ1) is 10.9. The van der Waals surface area contributed by atoms with E-state index in [0.29, 0.717) is 11.2 Å². The van der Waals surface area contributed by atoms with E-state index in [9.17, 15) is 4.39 Å². The Morgan fingerprint density at radius 3 is 2.50 bits per heavy atom. The molecule has 2 N–H and O–H groups in total. The normalized spacial score (nSPS) is 12.0. The van der Waals surface area contributed by atoms with E-state index in [2.05, 4.69) is 25.8 Å². The van der Waals surface area contributed by atoms with E-state index in [1.165, 1.54) is 12.1 Å². The van der Waals surface area contributed by atoms with Crippen molar-refractivity contribution in [2.75, 3.05) is 5.73 Å². The van der Waals surface area contributed by atoms with E-state index in [-0.39, 0.29) is 11.2 Å². The minimum Gasteiger partial charge on any atom is -0.398 e. The van der Waals surface area contributed by atoms with E-state index in [1.54, 1.807) is 6.07 Å². The van der Waals surface area contributed by atoms with Crippen molar-refractivity contribution in [3.63, 3.8) is 0 Å². The summed E-state index contributed by atoms with van der Waals surface area (Å²) in [6.07, 6.45) is 0. The number of halogens is 1. The summed E-state index contributed by atoms with van der Waals surface area (Å²) in [5.41, 5.74) is 7.99. The third-order valence-corrected chi connectivity index (χ3v) is 2.57. The van der Waals surface area contributed by atoms with Crippen LogP contribution in [-0.4, -0.2) is 4.98 Å². The standard InChI is InChI=1S/C13H15FN2/c1-13(2,3)12-7-10(15)9-5-4-8(14)6-11(9)16-12/h4-7H,1-3H3,(H2,15,16). The molecular weight excluding hydrogens is 203 g/mol. The highest BCUT2D eigenvalue weighted by Gasteiger charge is 2.17. The number of nitrogens with two attached hydrogens (primary N) is 1. The number of benzene rings is 1. The van der Waals surface area contributed by atoms with Gasteiger partial charge in [0.15, 0.2) is 0 Å². The quantitative estimate of drug-likeness (QED) is 0.737. The summed E-state index contributed by atoms with van der Waals surface area (Å²) in [5.74, 6) is -0.287. The van der Waals surface area contributed by atoms with Gasteiger partial charge >= 0.3 is 0 Å². The van der Waals surface area contributed by atoms with Crippen LogP contribution in [0.5, 0.6) is 0 Å². The molecule has 0 unspecified atom stereocenters. The average Bonchev–Trinajstić information content (AvgIpc) is 2.15. The molecule has 0 radical (unpaired) electrons. The molecule has 0 aliphatic carbocycles. The summed E-state index contributed by atoms with van der Waals surface area (Å²) in [7, 11) is 0. The van der Waals surface area contributed by atoms with Gasteiger partial charge in [0.2, 0.25) is 0 Å². The van der Waals surface area contributed by atoms with E-state index in [1.807, 2.05) is 6.07 Å². The lowest BCUT2D eigenvalue weighted by atomic mass is 9.91. The number of pyridine rings is 1. The molecule has 0 amide bonds. The fourth-order valence-electron chi connectivity index (χ4n) is 1.61. The molecule has 1 aromatic carbocycles. The number of anilines is 1. The highest BCUT2D eigenvalue weighted by Crippen LogP contribution is 2.27. The number of hydrogen-bond acceptors (Lipinski definition) is 2. The lowest BCUT2D eigenvalue weighted by Gasteiger charge is -2.19. The van der Waals surface area contributed by atoms with Crippen molar-refractivity contribution in [1.29, 1.82) is 0 Å². The maximum absolute atomic E-state index is 13.1. The van der Waals surface area contributed by atoms with Gasteiger partial charge in [-0.2, -0.15) is 0 Å². The van der Waals surface area contributed by atoms with E-state index >= 15 is 0 Å². The van der Waals surface area contributed by atoms with Crippen LogP contribution in [0.2, 0.25) is 0 Å². The molecule has 0 atom stereocenters. The third-order valence-electron chi connectivity index (χ3n) is 2.57. The lowest BCUT2D eigenvalue weighted by molar-refractivity contribution is 0.571. The van der Waals surface area contributed by atoms with Gasteiger partial charge in [0, 0.05) is 28.2 Å². The molecule has 0 aliphatic rings. The second kappa shape index (κ2) is 3.44. The molecule has 0 bridgehead atoms. The molecule has 84 valence electrons. The highest BCUT2D eigenvalue weighted by molar-refractivity contribution is 5.90. The predicted molar refractivity (Wildman–Crippen MR) is 64.8 cm³/mol. The Kier molecular flexibility index (Phi) is 2.34. The van der Waals surface area contributed by atoms with Gasteiger partial charge in [-0.1, -0.05) is 20.8 Å². The molecule has 2 rings (SSSR count). The summed E-state index contributed by atoms with van der Waals surface area (Å²) in [5, 5.41) is 0.800. The fourth-order valence-corrected chi connectivity index (χ4v) is 1.61. The summed E-state index contributed by atoms with van der Waals surface area (Å²) in [6, 6.07) is 6.34. The van der Waals surface area contributed by atoms with Crippen molar-refractivity contribution in [1.82, 2.24) is 4.98 Å². The minimum absolute atomic E-state index is 0.0887. The molecule has 1 heterocycles. The first-order valence-corrected chi connectivity index (χ1v) is 5.24. The van der Waals surface area contributed by atoms with Crippen LogP contribution in [0.1, 0.15) is 26.5 Å². The number of hydrogen-bond donors (Lipinski definition) is 1. The topological polar surface area (TPSA) is 38.9 Å². The van der Waals surface area contributed by atoms with Crippen LogP contribution in [0.4, 0.5) is 10.1 Å². The first-order chi connectivity index (χ1) is 7.38. The van der Waals surface area contributed by atoms with Crippen LogP contribution in [0, 0.1) is 5.82 Å². The molecule has 2 nitrogen and oxygen atoms in total. The zero-order chi connectivity index (χ0) is 11.9. The van der Waals surface area contributed by atoms with Crippen LogP contribution in [0.3, 0.4) is 0 Å². The van der Waals surface area contributed by atoms with Crippen molar-refractivity contribution in [3.8, 4) is 0 Å². The zero-order valence-electron chi connectivity index (χ0n) is 9.71. The first-order valence-electron chi connectivity index (χ1n) is 5.24. The third kappa shape index (κ3) is 1.85. The van der Waals surface area contributed by atoms with Crippen LogP contribution in [-0.2, 0) is 5.41 Å². The van der Waals surface area contributed by atoms with Crippen LogP contribution in [0.15, 0.2) is 24.3 Å². The van der Waals surface area contributed by atoms with Gasteiger partial charge in [0.05, 0.1) is 5.52 Å². The molecule has 16 heavy (non-hydrogen) atoms. The van der Waals surface area contributed by atoms with Crippen LogP contribution >= 0.6 is 0 Å². The highest BCUT2D eigenvalue weighted by atomic mass is 19.1. The van der Waals surface area contributed by atoms with Gasteiger partial charge in [-0.25, -0.2) is 4.39 Å². The van der Waals surface area contributed by atoms with Crippen molar-refractivity contribution in [2.45, 2.75) is 26.2 Å². The molecule has 0 fully saturated rings. The Labute approximate surface area is 94.3 Å². The maximum atomic E-state index is 13.1. The molecule has 3 heteroatoms. The molecule has 0 aliphatic heterocycles. The molecule has 2 aromatic rings. The number of nitrogen functional groups attached to an aromatic ring is 1. The molecule has 0 spiro atoms. The van der Waals surface area contributed by atoms with Gasteiger partial charge in [-0.15, -0.1) is 0 Å². The molecule has 0 saturated heterocycles. The van der Waals surface area contributed by atoms with Gasteiger partial charge in [0.1, 0.15) is 5.82 Å². The number of aromatic nitrogens is 1. The Morgan fingerprint density at radius 1 is 1.19 bits per heavy atom. The summed E-state index contributed by atoms with van der Waals surface area (Å²) < 4.78 is 13.1. The molecule has 1 aromatic heterocycles. The van der Waals surface area contributed by atoms with Gasteiger partial charge in [-0.3, -0.25) is 4.98 Å². The average molecular weight is 218 g/mol. The van der Waals surface area contributed by atoms with E-state index in [0.717, 1.165) is 11.1 Å². The summed E-state index contributed by atoms with van der Waals surface area (Å²) in [4.78, 5) is 4.45. The fraction of sp³-hybridized carbons (Fsp3) is 0.308. The Bertz CT molecular complexity index is 541. The SMILES string of the molecule is CC(C)(C)c1cc(N)c2ccc(F)cc2n1. The summed E-state index contributed by atoms with van der Waals surface area (Å²) >= 11 is 0. The van der Waals surface area contributed by atoms with Crippen LogP contribution < -0.4 is 5.73 Å². The predicted octanol–water partition coefficient (Wildman–Crippen LogP) is 3.25. The monoisotopic (exact) mass is 218 g/mol. The van der Waals surface area contributed by atoms with Crippen molar-refractivity contribution in [3.05, 3.63) is 35.8 Å². The Balaban J connectivity index is 2.75. The second-order valence-electron chi connectivity index (χ2n) is 5.01. The van der Waals surface area contributed by atoms with Gasteiger partial charge in [0.25, 0.3) is 0 Å². The maximum Gasteiger partial charge on any atom is 0.125 e. The summed E-state index contributed by atoms with van der Waals surface area (Å²) in [6.45, 7) is 6.17. The van der Waals surface area contributed by atoms with Crippen molar-refractivity contribution < 1.29 is 4.39 Å². The number of fused-ring (bicyclic) bond motifs is 1. The smallest absolute Gasteiger partial charge is 0.125 e. The van der Waals surface area contributed by atoms with Crippen molar-refractivity contribution in [2.24, 2.45) is 0 Å². The van der Waals surface area contributed by atoms with Gasteiger partial charge < -0.3 is 5.73 Å². The van der Waals surface area contributed by atoms with Crippen molar-refractivity contribution >= 4 is 16.6 Å². The largest absolute Gasteiger partial charge is 0.398 e. The number of rotatable bonds is 0. The van der Waals surface area contributed by atoms with Gasteiger partial charge in [-0.05, 0) is 18.2 Å². The second-order valence-corrected chi connectivity index (χ2v) is 5.01. The van der Waals surface area contributed by atoms with Crippen LogP contribution in [0.25, 0.3) is 10.9 Å². The number of nitrogens with zero attached hydrogens (tertiary/aromatic N) is 1. The minimum atomic E-state index is -0.287. The molecular formula is C13H15FN2. The Morgan fingerprint density at radius 2 is 1.88 bits per heavy atom. The zero-order valence-corrected chi connectivity index (χ0v) is 9.71. The van der Waals surface area contributed by atoms with E-state index < -0.39 is 0 Å². The lowest BCUT2D eigenvalue weighted by Crippen LogP contribution is -2.14.